The Bertz CT molecular complexity index is 842. The number of hydrogen-bond donors (Lipinski definition) is 0. The summed E-state index contributed by atoms with van der Waals surface area (Å²) in [5.74, 6) is 3.18. The Labute approximate surface area is 154 Å². The first-order valence-corrected chi connectivity index (χ1v) is 9.76. The van der Waals surface area contributed by atoms with E-state index in [1.165, 1.54) is 12.1 Å². The molecule has 3 aromatic rings. The fourth-order valence-electron chi connectivity index (χ4n) is 2.33. The molecule has 0 atom stereocenters. The molecule has 0 saturated carbocycles. The van der Waals surface area contributed by atoms with Gasteiger partial charge in [-0.15, -0.1) is 28.5 Å². The lowest BCUT2D eigenvalue weighted by molar-refractivity contribution is 0.534. The summed E-state index contributed by atoms with van der Waals surface area (Å²) in [6.07, 6.45) is 3.49. The molecule has 0 fully saturated rings. The Morgan fingerprint density at radius 1 is 1.16 bits per heavy atom. The molecule has 0 saturated heterocycles. The Balaban J connectivity index is 1.64. The number of aromatic nitrogens is 3. The third-order valence-electron chi connectivity index (χ3n) is 3.53. The van der Waals surface area contributed by atoms with Crippen LogP contribution in [0, 0.1) is 12.7 Å². The van der Waals surface area contributed by atoms with Crippen molar-refractivity contribution in [3.63, 3.8) is 0 Å². The van der Waals surface area contributed by atoms with E-state index in [4.69, 9.17) is 4.42 Å². The van der Waals surface area contributed by atoms with Gasteiger partial charge in [0.1, 0.15) is 11.6 Å². The van der Waals surface area contributed by atoms with Gasteiger partial charge >= 0.3 is 0 Å². The Morgan fingerprint density at radius 3 is 2.60 bits per heavy atom. The Morgan fingerprint density at radius 2 is 1.92 bits per heavy atom. The van der Waals surface area contributed by atoms with Crippen molar-refractivity contribution in [2.75, 3.05) is 11.5 Å². The minimum atomic E-state index is -0.210. The van der Waals surface area contributed by atoms with E-state index in [1.54, 1.807) is 41.9 Å². The van der Waals surface area contributed by atoms with Gasteiger partial charge in [0.05, 0.1) is 11.8 Å². The molecule has 130 valence electrons. The van der Waals surface area contributed by atoms with Gasteiger partial charge in [0.2, 0.25) is 0 Å². The van der Waals surface area contributed by atoms with Gasteiger partial charge in [-0.05, 0) is 37.3 Å². The summed E-state index contributed by atoms with van der Waals surface area (Å²) in [5.41, 5.74) is 0.946. The summed E-state index contributed by atoms with van der Waals surface area (Å²) in [7, 11) is 0. The number of thioether (sulfide) groups is 2. The van der Waals surface area contributed by atoms with E-state index in [9.17, 15) is 4.39 Å². The van der Waals surface area contributed by atoms with E-state index in [0.717, 1.165) is 38.7 Å². The molecule has 1 aromatic carbocycles. The molecule has 3 rings (SSSR count). The lowest BCUT2D eigenvalue weighted by Gasteiger charge is -2.07. The third-order valence-corrected chi connectivity index (χ3v) is 5.77. The number of hydrogen-bond acceptors (Lipinski definition) is 5. The second-order valence-corrected chi connectivity index (χ2v) is 7.48. The molecule has 2 aromatic heterocycles. The van der Waals surface area contributed by atoms with Crippen molar-refractivity contribution >= 4 is 23.5 Å². The van der Waals surface area contributed by atoms with Crippen molar-refractivity contribution in [2.45, 2.75) is 23.5 Å². The molecule has 0 aliphatic rings. The van der Waals surface area contributed by atoms with Crippen LogP contribution in [0.25, 0.3) is 11.4 Å². The lowest BCUT2D eigenvalue weighted by atomic mass is 10.2. The molecule has 0 aliphatic heterocycles. The van der Waals surface area contributed by atoms with Crippen LogP contribution in [0.5, 0.6) is 0 Å². The predicted molar refractivity (Wildman–Crippen MR) is 101 cm³/mol. The average Bonchev–Trinajstić information content (AvgIpc) is 3.20. The molecule has 0 spiro atoms. The highest BCUT2D eigenvalue weighted by molar-refractivity contribution is 8.02. The SMILES string of the molecule is C=CCn1c(SCCSc2ccc(F)cc2)nnc1-c1ccoc1C. The summed E-state index contributed by atoms with van der Waals surface area (Å²) in [6.45, 7) is 6.37. The van der Waals surface area contributed by atoms with Crippen molar-refractivity contribution in [2.24, 2.45) is 0 Å². The number of halogens is 1. The molecular weight excluding hydrogens is 357 g/mol. The van der Waals surface area contributed by atoms with Crippen LogP contribution in [0.1, 0.15) is 5.76 Å². The molecule has 0 unspecified atom stereocenters. The highest BCUT2D eigenvalue weighted by atomic mass is 32.2. The molecule has 0 amide bonds. The van der Waals surface area contributed by atoms with Gasteiger partial charge in [0, 0.05) is 22.9 Å². The van der Waals surface area contributed by atoms with Crippen molar-refractivity contribution in [1.82, 2.24) is 14.8 Å². The second-order valence-electron chi connectivity index (χ2n) is 5.25. The maximum Gasteiger partial charge on any atom is 0.191 e. The van der Waals surface area contributed by atoms with E-state index in [2.05, 4.69) is 16.8 Å². The van der Waals surface area contributed by atoms with Gasteiger partial charge in [0.25, 0.3) is 0 Å². The standard InChI is InChI=1S/C18H18FN3OS2/c1-3-9-22-17(16-8-10-23-13(16)2)20-21-18(22)25-12-11-24-15-6-4-14(19)5-7-15/h3-8,10H,1,9,11-12H2,2H3. The summed E-state index contributed by atoms with van der Waals surface area (Å²) in [5, 5.41) is 9.49. The van der Waals surface area contributed by atoms with Crippen molar-refractivity contribution < 1.29 is 8.81 Å². The van der Waals surface area contributed by atoms with E-state index in [0.29, 0.717) is 6.54 Å². The molecule has 2 heterocycles. The summed E-state index contributed by atoms with van der Waals surface area (Å²) in [4.78, 5) is 1.06. The molecule has 25 heavy (non-hydrogen) atoms. The van der Waals surface area contributed by atoms with Crippen LogP contribution in [-0.2, 0) is 6.54 Å². The van der Waals surface area contributed by atoms with Gasteiger partial charge in [-0.25, -0.2) is 4.39 Å². The third kappa shape index (κ3) is 4.35. The first kappa shape index (κ1) is 17.8. The Kier molecular flexibility index (Phi) is 5.99. The number of nitrogens with zero attached hydrogens (tertiary/aromatic N) is 3. The largest absolute Gasteiger partial charge is 0.469 e. The second kappa shape index (κ2) is 8.40. The lowest BCUT2D eigenvalue weighted by Crippen LogP contribution is -2.01. The van der Waals surface area contributed by atoms with Gasteiger partial charge in [-0.1, -0.05) is 17.8 Å². The zero-order valence-electron chi connectivity index (χ0n) is 13.8. The predicted octanol–water partition coefficient (Wildman–Crippen LogP) is 5.06. The topological polar surface area (TPSA) is 43.9 Å². The van der Waals surface area contributed by atoms with Crippen molar-refractivity contribution in [3.8, 4) is 11.4 Å². The molecule has 0 N–H and O–H groups in total. The minimum absolute atomic E-state index is 0.210. The van der Waals surface area contributed by atoms with Gasteiger partial charge in [0.15, 0.2) is 11.0 Å². The van der Waals surface area contributed by atoms with Crippen LogP contribution in [-0.4, -0.2) is 26.3 Å². The molecular formula is C18H18FN3OS2. The summed E-state index contributed by atoms with van der Waals surface area (Å²) >= 11 is 3.34. The number of rotatable bonds is 8. The molecule has 4 nitrogen and oxygen atoms in total. The smallest absolute Gasteiger partial charge is 0.191 e. The fraction of sp³-hybridized carbons (Fsp3) is 0.222. The van der Waals surface area contributed by atoms with Gasteiger partial charge in [-0.2, -0.15) is 0 Å². The highest BCUT2D eigenvalue weighted by Crippen LogP contribution is 2.28. The number of furan rings is 1. The average molecular weight is 375 g/mol. The van der Waals surface area contributed by atoms with Crippen LogP contribution in [0.2, 0.25) is 0 Å². The van der Waals surface area contributed by atoms with E-state index in [-0.39, 0.29) is 5.82 Å². The number of benzene rings is 1. The molecule has 7 heteroatoms. The fourth-order valence-corrected chi connectivity index (χ4v) is 4.16. The highest BCUT2D eigenvalue weighted by Gasteiger charge is 2.16. The van der Waals surface area contributed by atoms with E-state index in [1.807, 2.05) is 23.6 Å². The summed E-state index contributed by atoms with van der Waals surface area (Å²) in [6, 6.07) is 8.46. The van der Waals surface area contributed by atoms with Gasteiger partial charge < -0.3 is 4.42 Å². The van der Waals surface area contributed by atoms with Crippen molar-refractivity contribution in [1.29, 1.82) is 0 Å². The minimum Gasteiger partial charge on any atom is -0.469 e. The van der Waals surface area contributed by atoms with Crippen molar-refractivity contribution in [3.05, 3.63) is 60.8 Å². The molecule has 0 bridgehead atoms. The van der Waals surface area contributed by atoms with E-state index < -0.39 is 0 Å². The van der Waals surface area contributed by atoms with Crippen LogP contribution in [0.15, 0.2) is 63.7 Å². The maximum atomic E-state index is 12.9. The summed E-state index contributed by atoms with van der Waals surface area (Å²) < 4.78 is 20.3. The van der Waals surface area contributed by atoms with Crippen LogP contribution in [0.4, 0.5) is 4.39 Å². The monoisotopic (exact) mass is 375 g/mol. The zero-order valence-corrected chi connectivity index (χ0v) is 15.4. The van der Waals surface area contributed by atoms with E-state index >= 15 is 0 Å². The first-order chi connectivity index (χ1) is 12.2. The normalized spacial score (nSPS) is 11.0. The quantitative estimate of drug-likeness (QED) is 0.313. The number of aryl methyl sites for hydroxylation is 1. The molecule has 0 radical (unpaired) electrons. The Hall–Kier alpha value is -1.99. The van der Waals surface area contributed by atoms with Crippen LogP contribution >= 0.6 is 23.5 Å². The molecule has 0 aliphatic carbocycles. The maximum absolute atomic E-state index is 12.9. The van der Waals surface area contributed by atoms with Crippen LogP contribution < -0.4 is 0 Å². The number of allylic oxidation sites excluding steroid dienone is 1. The van der Waals surface area contributed by atoms with Crippen LogP contribution in [0.3, 0.4) is 0 Å². The first-order valence-electron chi connectivity index (χ1n) is 7.78. The zero-order chi connectivity index (χ0) is 17.6. The van der Waals surface area contributed by atoms with Gasteiger partial charge in [-0.3, -0.25) is 4.57 Å².